The number of H-pyrrole nitrogens is 1. The van der Waals surface area contributed by atoms with Gasteiger partial charge in [-0.15, -0.1) is 0 Å². The van der Waals surface area contributed by atoms with E-state index in [1.165, 1.54) is 0 Å². The summed E-state index contributed by atoms with van der Waals surface area (Å²) in [5, 5.41) is 3.85. The molecule has 0 aliphatic carbocycles. The normalized spacial score (nSPS) is 15.2. The molecule has 1 N–H and O–H groups in total. The van der Waals surface area contributed by atoms with E-state index in [4.69, 9.17) is 14.2 Å². The first-order valence-corrected chi connectivity index (χ1v) is 13.5. The molecule has 0 saturated carbocycles. The van der Waals surface area contributed by atoms with E-state index in [0.29, 0.717) is 18.8 Å². The Morgan fingerprint density at radius 3 is 2.49 bits per heavy atom. The van der Waals surface area contributed by atoms with Crippen molar-refractivity contribution in [1.82, 2.24) is 19.7 Å². The molecule has 9 heteroatoms. The number of aromatic amines is 1. The molecule has 0 bridgehead atoms. The summed E-state index contributed by atoms with van der Waals surface area (Å²) in [6, 6.07) is 15.9. The molecule has 0 spiro atoms. The molecule has 3 heterocycles. The zero-order valence-corrected chi connectivity index (χ0v) is 26.2. The molecule has 1 fully saturated rings. The Morgan fingerprint density at radius 1 is 1.05 bits per heavy atom. The van der Waals surface area contributed by atoms with Crippen molar-refractivity contribution in [2.24, 2.45) is 0 Å². The first-order valence-electron chi connectivity index (χ1n) is 13.5. The van der Waals surface area contributed by atoms with Gasteiger partial charge in [0.15, 0.2) is 5.82 Å². The number of hydrogen-bond acceptors (Lipinski definition) is 6. The van der Waals surface area contributed by atoms with Gasteiger partial charge in [0.05, 0.1) is 18.3 Å². The number of unbranched alkanes of at least 4 members (excludes halogenated alkanes) is 1. The van der Waals surface area contributed by atoms with Gasteiger partial charge in [0.2, 0.25) is 0 Å². The van der Waals surface area contributed by atoms with Crippen LogP contribution < -0.4 is 11.3 Å². The van der Waals surface area contributed by atoms with Gasteiger partial charge in [-0.1, -0.05) is 67.0 Å². The van der Waals surface area contributed by atoms with Gasteiger partial charge >= 0.3 is 5.76 Å². The summed E-state index contributed by atoms with van der Waals surface area (Å²) in [5.74, 6) is 0.566. The SMILES string of the molecule is CCCCc1nc(C)n(CC2CCCCO2)c(=O)c1Cc1ccc(-c2ccccc2-c2noc(=O)[nH]2)cc1.[K]. The third-order valence-corrected chi connectivity index (χ3v) is 7.23. The molecule has 2 aromatic heterocycles. The number of nitrogens with zero attached hydrogens (tertiary/aromatic N) is 3. The van der Waals surface area contributed by atoms with Crippen molar-refractivity contribution in [3.05, 3.63) is 92.1 Å². The maximum absolute atomic E-state index is 13.8. The largest absolute Gasteiger partial charge is 0.439 e. The van der Waals surface area contributed by atoms with Crippen LogP contribution in [0.3, 0.4) is 0 Å². The summed E-state index contributed by atoms with van der Waals surface area (Å²) in [4.78, 5) is 32.8. The van der Waals surface area contributed by atoms with Crippen LogP contribution in [0.1, 0.15) is 61.7 Å². The summed E-state index contributed by atoms with van der Waals surface area (Å²) in [5.41, 5.74) is 5.45. The summed E-state index contributed by atoms with van der Waals surface area (Å²) in [6.45, 7) is 5.39. The zero-order valence-electron chi connectivity index (χ0n) is 23.0. The van der Waals surface area contributed by atoms with Gasteiger partial charge in [0.25, 0.3) is 5.56 Å². The topological polar surface area (TPSA) is 103 Å². The monoisotopic (exact) mass is 553 g/mol. The van der Waals surface area contributed by atoms with Crippen LogP contribution >= 0.6 is 0 Å². The van der Waals surface area contributed by atoms with Crippen LogP contribution in [0.5, 0.6) is 0 Å². The number of nitrogens with one attached hydrogen (secondary N) is 1. The van der Waals surface area contributed by atoms with Gasteiger partial charge in [0.1, 0.15) is 5.82 Å². The third kappa shape index (κ3) is 7.14. The van der Waals surface area contributed by atoms with Gasteiger partial charge in [-0.05, 0) is 55.7 Å². The Kier molecular flexibility index (Phi) is 10.7. The molecule has 1 aliphatic rings. The predicted molar refractivity (Wildman–Crippen MR) is 152 cm³/mol. The second-order valence-corrected chi connectivity index (χ2v) is 9.96. The van der Waals surface area contributed by atoms with E-state index in [0.717, 1.165) is 84.5 Å². The number of ether oxygens (including phenoxy) is 1. The Labute approximate surface area is 270 Å². The Hall–Kier alpha value is -2.14. The molecular formula is C30H34KN4O4. The number of hydrogen-bond donors (Lipinski definition) is 1. The van der Waals surface area contributed by atoms with Crippen LogP contribution in [-0.4, -0.2) is 83.8 Å². The molecule has 5 rings (SSSR count). The molecule has 1 atom stereocenters. The fraction of sp³-hybridized carbons (Fsp3) is 0.400. The molecule has 39 heavy (non-hydrogen) atoms. The standard InChI is InChI=1S/C30H34N4O4.K/c1-3-4-12-27-26(29(35)34(20(2)31-27)19-23-9-7-8-17-37-23)18-21-13-15-22(16-14-21)24-10-5-6-11-25(24)28-32-30(36)38-33-28;/h5-6,10-11,13-16,23H,3-4,7-9,12,17-19H2,1-2H3,(H,32,33,36);. The Bertz CT molecular complexity index is 1500. The van der Waals surface area contributed by atoms with Crippen LogP contribution in [0.2, 0.25) is 0 Å². The van der Waals surface area contributed by atoms with Crippen molar-refractivity contribution < 1.29 is 9.26 Å². The van der Waals surface area contributed by atoms with Crippen molar-refractivity contribution in [3.63, 3.8) is 0 Å². The molecule has 1 saturated heterocycles. The van der Waals surface area contributed by atoms with E-state index < -0.39 is 5.76 Å². The van der Waals surface area contributed by atoms with Gasteiger partial charge in [-0.25, -0.2) is 9.78 Å². The zero-order chi connectivity index (χ0) is 26.5. The smallest absolute Gasteiger partial charge is 0.376 e. The van der Waals surface area contributed by atoms with Gasteiger partial charge in [0, 0.05) is 75.5 Å². The minimum absolute atomic E-state index is 0. The molecule has 1 unspecified atom stereocenters. The van der Waals surface area contributed by atoms with Crippen molar-refractivity contribution >= 4 is 51.4 Å². The second kappa shape index (κ2) is 14.0. The third-order valence-electron chi connectivity index (χ3n) is 7.23. The maximum Gasteiger partial charge on any atom is 0.439 e. The number of rotatable bonds is 9. The van der Waals surface area contributed by atoms with Crippen LogP contribution in [-0.2, 0) is 24.1 Å². The number of benzene rings is 2. The van der Waals surface area contributed by atoms with Gasteiger partial charge in [-0.2, -0.15) is 0 Å². The molecule has 4 aromatic rings. The number of aryl methyl sites for hydroxylation is 2. The van der Waals surface area contributed by atoms with E-state index >= 15 is 0 Å². The van der Waals surface area contributed by atoms with E-state index in [-0.39, 0.29) is 63.0 Å². The summed E-state index contributed by atoms with van der Waals surface area (Å²) in [6.07, 6.45) is 6.62. The first-order chi connectivity index (χ1) is 18.5. The fourth-order valence-electron chi connectivity index (χ4n) is 5.15. The first kappa shape index (κ1) is 29.8. The van der Waals surface area contributed by atoms with Crippen LogP contribution in [0.15, 0.2) is 62.6 Å². The van der Waals surface area contributed by atoms with Crippen LogP contribution in [0.4, 0.5) is 0 Å². The Morgan fingerprint density at radius 2 is 1.82 bits per heavy atom. The fourth-order valence-corrected chi connectivity index (χ4v) is 5.15. The quantitative estimate of drug-likeness (QED) is 0.302. The van der Waals surface area contributed by atoms with Crippen LogP contribution in [0, 0.1) is 6.92 Å². The van der Waals surface area contributed by atoms with Crippen molar-refractivity contribution in [2.75, 3.05) is 6.61 Å². The molecule has 199 valence electrons. The van der Waals surface area contributed by atoms with Crippen LogP contribution in [0.25, 0.3) is 22.5 Å². The maximum atomic E-state index is 13.8. The average molecular weight is 554 g/mol. The number of aromatic nitrogens is 4. The summed E-state index contributed by atoms with van der Waals surface area (Å²) < 4.78 is 12.4. The minimum atomic E-state index is -0.587. The molecule has 1 radical (unpaired) electrons. The Balaban J connectivity index is 0.00000353. The molecule has 0 amide bonds. The van der Waals surface area contributed by atoms with Gasteiger partial charge in [-0.3, -0.25) is 18.9 Å². The van der Waals surface area contributed by atoms with Crippen molar-refractivity contribution in [1.29, 1.82) is 0 Å². The predicted octanol–water partition coefficient (Wildman–Crippen LogP) is 4.68. The molecule has 1 aliphatic heterocycles. The van der Waals surface area contributed by atoms with Gasteiger partial charge < -0.3 is 4.74 Å². The van der Waals surface area contributed by atoms with E-state index in [1.807, 2.05) is 47.9 Å². The molecule has 8 nitrogen and oxygen atoms in total. The average Bonchev–Trinajstić information content (AvgIpc) is 3.38. The van der Waals surface area contributed by atoms with E-state index in [1.54, 1.807) is 0 Å². The van der Waals surface area contributed by atoms with Crippen molar-refractivity contribution in [2.45, 2.75) is 71.4 Å². The van der Waals surface area contributed by atoms with E-state index in [2.05, 4.69) is 29.2 Å². The molecule has 2 aromatic carbocycles. The van der Waals surface area contributed by atoms with Crippen molar-refractivity contribution in [3.8, 4) is 22.5 Å². The van der Waals surface area contributed by atoms with E-state index in [9.17, 15) is 9.59 Å². The summed E-state index contributed by atoms with van der Waals surface area (Å²) >= 11 is 0. The second-order valence-electron chi connectivity index (χ2n) is 9.96. The minimum Gasteiger partial charge on any atom is -0.376 e. The summed E-state index contributed by atoms with van der Waals surface area (Å²) in [7, 11) is 0. The molecular weight excluding hydrogens is 519 g/mol.